The molecule has 90 valence electrons. The summed E-state index contributed by atoms with van der Waals surface area (Å²) in [7, 11) is 0. The predicted molar refractivity (Wildman–Crippen MR) is 64.1 cm³/mol. The van der Waals surface area contributed by atoms with Gasteiger partial charge in [0.1, 0.15) is 5.76 Å². The van der Waals surface area contributed by atoms with Crippen LogP contribution in [0.4, 0.5) is 0 Å². The van der Waals surface area contributed by atoms with Gasteiger partial charge < -0.3 is 14.8 Å². The molecule has 2 N–H and O–H groups in total. The number of carboxylic acid groups (broad SMARTS) is 1. The predicted octanol–water partition coefficient (Wildman–Crippen LogP) is 2.63. The second-order valence-corrected chi connectivity index (χ2v) is 5.10. The van der Waals surface area contributed by atoms with Crippen molar-refractivity contribution in [2.45, 2.75) is 26.8 Å². The van der Waals surface area contributed by atoms with E-state index >= 15 is 0 Å². The van der Waals surface area contributed by atoms with E-state index in [9.17, 15) is 4.79 Å². The van der Waals surface area contributed by atoms with Gasteiger partial charge in [-0.15, -0.1) is 0 Å². The van der Waals surface area contributed by atoms with E-state index in [1.54, 1.807) is 13.8 Å². The normalized spacial score (nSPS) is 11.7. The molecule has 16 heavy (non-hydrogen) atoms. The fraction of sp³-hybridized carbons (Fsp3) is 0.545. The van der Waals surface area contributed by atoms with Gasteiger partial charge in [0.25, 0.3) is 0 Å². The van der Waals surface area contributed by atoms with Gasteiger partial charge in [-0.1, -0.05) is 0 Å². The van der Waals surface area contributed by atoms with Crippen LogP contribution in [0.25, 0.3) is 0 Å². The van der Waals surface area contributed by atoms with E-state index in [0.29, 0.717) is 24.2 Å². The van der Waals surface area contributed by atoms with Gasteiger partial charge in [-0.25, -0.2) is 0 Å². The van der Waals surface area contributed by atoms with Gasteiger partial charge in [-0.3, -0.25) is 4.79 Å². The Morgan fingerprint density at radius 2 is 2.25 bits per heavy atom. The number of hydrogen-bond acceptors (Lipinski definition) is 3. The number of rotatable bonds is 6. The average molecular weight is 290 g/mol. The molecule has 1 aromatic rings. The second-order valence-electron chi connectivity index (χ2n) is 4.32. The van der Waals surface area contributed by atoms with Crippen molar-refractivity contribution in [3.8, 4) is 0 Å². The minimum atomic E-state index is -0.768. The minimum absolute atomic E-state index is 0.588. The first kappa shape index (κ1) is 13.3. The van der Waals surface area contributed by atoms with E-state index in [4.69, 9.17) is 9.52 Å². The summed E-state index contributed by atoms with van der Waals surface area (Å²) in [5.41, 5.74) is -0.684. The fourth-order valence-electron chi connectivity index (χ4n) is 1.17. The van der Waals surface area contributed by atoms with E-state index < -0.39 is 11.4 Å². The van der Waals surface area contributed by atoms with Gasteiger partial charge in [0, 0.05) is 0 Å². The molecular weight excluding hydrogens is 274 g/mol. The minimum Gasteiger partial charge on any atom is -0.481 e. The van der Waals surface area contributed by atoms with Crippen LogP contribution in [-0.2, 0) is 11.3 Å². The summed E-state index contributed by atoms with van der Waals surface area (Å²) in [5, 5.41) is 12.1. The summed E-state index contributed by atoms with van der Waals surface area (Å²) in [6, 6.07) is 3.71. The molecule has 0 unspecified atom stereocenters. The van der Waals surface area contributed by atoms with Crippen LogP contribution < -0.4 is 5.32 Å². The van der Waals surface area contributed by atoms with Crippen molar-refractivity contribution in [1.82, 2.24) is 5.32 Å². The molecule has 0 aromatic carbocycles. The first-order chi connectivity index (χ1) is 7.42. The summed E-state index contributed by atoms with van der Waals surface area (Å²) in [5.74, 6) is 0.0649. The first-order valence-corrected chi connectivity index (χ1v) is 5.89. The fourth-order valence-corrected chi connectivity index (χ4v) is 1.51. The molecule has 0 bridgehead atoms. The molecule has 0 aliphatic rings. The molecule has 1 heterocycles. The Morgan fingerprint density at radius 3 is 2.75 bits per heavy atom. The highest BCUT2D eigenvalue weighted by Crippen LogP contribution is 2.19. The van der Waals surface area contributed by atoms with Crippen LogP contribution in [0.2, 0.25) is 0 Å². The lowest BCUT2D eigenvalue weighted by atomic mass is 9.90. The third-order valence-electron chi connectivity index (χ3n) is 2.43. The van der Waals surface area contributed by atoms with Crippen molar-refractivity contribution in [2.24, 2.45) is 5.41 Å². The molecule has 4 nitrogen and oxygen atoms in total. The van der Waals surface area contributed by atoms with Crippen molar-refractivity contribution >= 4 is 21.9 Å². The Bertz CT molecular complexity index is 360. The lowest BCUT2D eigenvalue weighted by Crippen LogP contribution is -2.28. The highest BCUT2D eigenvalue weighted by Gasteiger charge is 2.26. The van der Waals surface area contributed by atoms with Crippen LogP contribution in [0.1, 0.15) is 26.0 Å². The number of carbonyl (C=O) groups is 1. The maximum Gasteiger partial charge on any atom is 0.309 e. The molecule has 0 radical (unpaired) electrons. The highest BCUT2D eigenvalue weighted by atomic mass is 79.9. The Hall–Kier alpha value is -0.810. The quantitative estimate of drug-likeness (QED) is 0.791. The molecule has 0 saturated carbocycles. The molecule has 0 fully saturated rings. The van der Waals surface area contributed by atoms with Crippen molar-refractivity contribution in [1.29, 1.82) is 0 Å². The zero-order valence-electron chi connectivity index (χ0n) is 9.42. The van der Waals surface area contributed by atoms with Gasteiger partial charge in [-0.2, -0.15) is 0 Å². The number of aliphatic carboxylic acids is 1. The van der Waals surface area contributed by atoms with Crippen LogP contribution in [0.3, 0.4) is 0 Å². The molecule has 0 amide bonds. The largest absolute Gasteiger partial charge is 0.481 e. The summed E-state index contributed by atoms with van der Waals surface area (Å²) in [6.07, 6.45) is 0.588. The van der Waals surface area contributed by atoms with Crippen LogP contribution in [-0.4, -0.2) is 17.6 Å². The lowest BCUT2D eigenvalue weighted by molar-refractivity contribution is -0.147. The van der Waals surface area contributed by atoms with Crippen molar-refractivity contribution in [2.75, 3.05) is 6.54 Å². The molecule has 1 rings (SSSR count). The van der Waals surface area contributed by atoms with Crippen LogP contribution in [0.15, 0.2) is 21.2 Å². The van der Waals surface area contributed by atoms with E-state index in [2.05, 4.69) is 21.2 Å². The molecule has 0 aliphatic carbocycles. The number of halogens is 1. The van der Waals surface area contributed by atoms with E-state index in [0.717, 1.165) is 5.76 Å². The third kappa shape index (κ3) is 3.98. The van der Waals surface area contributed by atoms with Gasteiger partial charge >= 0.3 is 5.97 Å². The number of carboxylic acids is 1. The zero-order valence-corrected chi connectivity index (χ0v) is 11.0. The zero-order chi connectivity index (χ0) is 12.2. The third-order valence-corrected chi connectivity index (χ3v) is 2.86. The van der Waals surface area contributed by atoms with Gasteiger partial charge in [0.15, 0.2) is 4.67 Å². The molecule has 0 spiro atoms. The lowest BCUT2D eigenvalue weighted by Gasteiger charge is -2.18. The number of nitrogens with one attached hydrogen (secondary N) is 1. The molecule has 1 aromatic heterocycles. The van der Waals surface area contributed by atoms with E-state index in [-0.39, 0.29) is 0 Å². The number of hydrogen-bond donors (Lipinski definition) is 2. The Morgan fingerprint density at radius 1 is 1.56 bits per heavy atom. The summed E-state index contributed by atoms with van der Waals surface area (Å²) in [4.78, 5) is 10.8. The standard InChI is InChI=1S/C11H16BrNO3/c1-11(2,10(14)15)5-6-13-7-8-3-4-9(12)16-8/h3-4,13H,5-7H2,1-2H3,(H,14,15). The summed E-state index contributed by atoms with van der Waals surface area (Å²) >= 11 is 3.22. The van der Waals surface area contributed by atoms with Crippen LogP contribution in [0.5, 0.6) is 0 Å². The summed E-state index contributed by atoms with van der Waals surface area (Å²) in [6.45, 7) is 4.71. The van der Waals surface area contributed by atoms with Crippen molar-refractivity contribution in [3.05, 3.63) is 22.6 Å². The average Bonchev–Trinajstić information content (AvgIpc) is 2.59. The Balaban J connectivity index is 2.24. The van der Waals surface area contributed by atoms with Crippen molar-refractivity contribution < 1.29 is 14.3 Å². The van der Waals surface area contributed by atoms with Gasteiger partial charge in [0.05, 0.1) is 12.0 Å². The molecule has 0 atom stereocenters. The van der Waals surface area contributed by atoms with Crippen LogP contribution in [0, 0.1) is 5.41 Å². The molecule has 0 saturated heterocycles. The second kappa shape index (κ2) is 5.50. The maximum absolute atomic E-state index is 10.8. The molecule has 5 heteroatoms. The Labute approximate surface area is 103 Å². The topological polar surface area (TPSA) is 62.5 Å². The first-order valence-electron chi connectivity index (χ1n) is 5.10. The van der Waals surface area contributed by atoms with Gasteiger partial charge in [-0.05, 0) is 54.9 Å². The number of furan rings is 1. The van der Waals surface area contributed by atoms with Crippen molar-refractivity contribution in [3.63, 3.8) is 0 Å². The SMILES string of the molecule is CC(C)(CCNCc1ccc(Br)o1)C(=O)O. The van der Waals surface area contributed by atoms with Gasteiger partial charge in [0.2, 0.25) is 0 Å². The van der Waals surface area contributed by atoms with Crippen LogP contribution >= 0.6 is 15.9 Å². The summed E-state index contributed by atoms with van der Waals surface area (Å²) < 4.78 is 6.00. The monoisotopic (exact) mass is 289 g/mol. The maximum atomic E-state index is 10.8. The Kier molecular flexibility index (Phi) is 4.56. The highest BCUT2D eigenvalue weighted by molar-refractivity contribution is 9.10. The van der Waals surface area contributed by atoms with E-state index in [1.165, 1.54) is 0 Å². The smallest absolute Gasteiger partial charge is 0.309 e. The molecular formula is C11H16BrNO3. The van der Waals surface area contributed by atoms with E-state index in [1.807, 2.05) is 12.1 Å². The molecule has 0 aliphatic heterocycles.